The Morgan fingerprint density at radius 2 is 1.26 bits per heavy atom. The molecule has 0 aliphatic rings. The molecule has 3 unspecified atom stereocenters. The number of hydrogen-bond acceptors (Lipinski definition) is 5. The van der Waals surface area contributed by atoms with E-state index >= 15 is 0 Å². The number of carbonyl (C=O) groups is 1. The molecular formula is C35H60N3O4P. The molecule has 7 nitrogen and oxygen atoms in total. The Bertz CT molecular complexity index is 1040. The van der Waals surface area contributed by atoms with Crippen molar-refractivity contribution in [1.29, 1.82) is 0 Å². The van der Waals surface area contributed by atoms with Crippen molar-refractivity contribution >= 4 is 19.2 Å². The van der Waals surface area contributed by atoms with Crippen LogP contribution in [0.5, 0.6) is 0 Å². The predicted octanol–water partition coefficient (Wildman–Crippen LogP) is 8.12. The zero-order chi connectivity index (χ0) is 32.3. The van der Waals surface area contributed by atoms with Gasteiger partial charge >= 0.3 is 0 Å². The molecule has 2 rings (SSSR count). The van der Waals surface area contributed by atoms with Gasteiger partial charge in [-0.1, -0.05) is 102 Å². The van der Waals surface area contributed by atoms with Crippen LogP contribution in [0.3, 0.4) is 0 Å². The minimum absolute atomic E-state index is 0.337. The van der Waals surface area contributed by atoms with Crippen molar-refractivity contribution in [2.45, 2.75) is 112 Å². The lowest BCUT2D eigenvalue weighted by molar-refractivity contribution is -0.929. The third-order valence-corrected chi connectivity index (χ3v) is 9.81. The van der Waals surface area contributed by atoms with Gasteiger partial charge in [0.25, 0.3) is 0 Å². The van der Waals surface area contributed by atoms with Crippen molar-refractivity contribution in [2.24, 2.45) is 0 Å². The van der Waals surface area contributed by atoms with E-state index in [2.05, 4.69) is 42.9 Å². The number of carbonyl (C=O) groups excluding carboxylic acids is 1. The second kappa shape index (κ2) is 20.8. The first-order valence-corrected chi connectivity index (χ1v) is 18.0. The number of para-hydroxylation sites is 1. The van der Waals surface area contributed by atoms with Crippen LogP contribution in [0, 0.1) is 13.8 Å². The number of rotatable bonds is 19. The Morgan fingerprint density at radius 3 is 1.65 bits per heavy atom. The van der Waals surface area contributed by atoms with Crippen molar-refractivity contribution < 1.29 is 23.3 Å². The third kappa shape index (κ3) is 13.7. The molecule has 2 N–H and O–H groups in total. The van der Waals surface area contributed by atoms with Crippen molar-refractivity contribution in [3.05, 3.63) is 65.2 Å². The summed E-state index contributed by atoms with van der Waals surface area (Å²) in [5.74, 6) is -1.36. The van der Waals surface area contributed by atoms with Crippen molar-refractivity contribution in [2.75, 3.05) is 38.6 Å². The molecule has 0 bridgehead atoms. The lowest BCUT2D eigenvalue weighted by Gasteiger charge is -2.39. The van der Waals surface area contributed by atoms with Crippen LogP contribution in [0.25, 0.3) is 0 Å². The van der Waals surface area contributed by atoms with Gasteiger partial charge in [0.15, 0.2) is 7.60 Å². The van der Waals surface area contributed by atoms with E-state index in [0.29, 0.717) is 5.56 Å². The van der Waals surface area contributed by atoms with Crippen LogP contribution in [0.4, 0.5) is 5.69 Å². The smallest absolute Gasteiger partial charge is 0.246 e. The van der Waals surface area contributed by atoms with E-state index in [0.717, 1.165) is 23.9 Å². The van der Waals surface area contributed by atoms with Crippen LogP contribution >= 0.6 is 7.60 Å². The summed E-state index contributed by atoms with van der Waals surface area (Å²) in [6.45, 7) is 20.3. The lowest BCUT2D eigenvalue weighted by atomic mass is 10.0. The summed E-state index contributed by atoms with van der Waals surface area (Å²) < 4.78 is 18.0. The second-order valence-electron chi connectivity index (χ2n) is 11.8. The molecule has 2 aromatic carbocycles. The van der Waals surface area contributed by atoms with Crippen LogP contribution < -0.4 is 15.5 Å². The predicted molar refractivity (Wildman–Crippen MR) is 180 cm³/mol. The first-order chi connectivity index (χ1) is 20.5. The molecule has 0 saturated heterocycles. The van der Waals surface area contributed by atoms with Gasteiger partial charge in [-0.25, -0.2) is 0 Å². The summed E-state index contributed by atoms with van der Waals surface area (Å²) in [6.07, 6.45) is 11.1. The average molecular weight is 618 g/mol. The Balaban J connectivity index is 0.000000474. The first kappa shape index (κ1) is 39.0. The molecule has 0 aliphatic heterocycles. The molecule has 1 amide bonds. The third-order valence-electron chi connectivity index (χ3n) is 8.21. The maximum Gasteiger partial charge on any atom is 0.246 e. The highest BCUT2D eigenvalue weighted by Gasteiger charge is 2.28. The van der Waals surface area contributed by atoms with Crippen LogP contribution in [0.1, 0.15) is 109 Å². The largest absolute Gasteiger partial charge is 0.777 e. The van der Waals surface area contributed by atoms with Gasteiger partial charge in [-0.2, -0.15) is 0 Å². The van der Waals surface area contributed by atoms with E-state index in [1.165, 1.54) is 89.0 Å². The summed E-state index contributed by atoms with van der Waals surface area (Å²) in [7, 11) is -3.01. The summed E-state index contributed by atoms with van der Waals surface area (Å²) >= 11 is 0. The molecule has 0 fully saturated rings. The standard InChI is InChI=1S/C19H25N2O4P.C16H36N/c1-13-9-8-10-14(2)17(13)21-19(22)18(16-11-6-5-7-12-16)20-15(3)26(23,24)25-4;1-5-9-13-17(14-10-6-2,15-11-7-3)16-12-8-4/h5-12,15,18,20H,1-4H3,(H,21,22)(H,23,24);5-16H2,1-4H3/q;+1/p-1. The number of amides is 1. The monoisotopic (exact) mass is 617 g/mol. The maximum absolute atomic E-state index is 13.0. The molecule has 0 aliphatic carbocycles. The Kier molecular flexibility index (Phi) is 18.9. The highest BCUT2D eigenvalue weighted by molar-refractivity contribution is 7.52. The van der Waals surface area contributed by atoms with Gasteiger partial charge < -0.3 is 23.8 Å². The minimum atomic E-state index is -4.12. The first-order valence-electron chi connectivity index (χ1n) is 16.4. The second-order valence-corrected chi connectivity index (χ2v) is 14.0. The number of hydrogen-bond donors (Lipinski definition) is 2. The lowest BCUT2D eigenvalue weighted by Crippen LogP contribution is -2.50. The molecule has 0 aromatic heterocycles. The Labute approximate surface area is 262 Å². The van der Waals surface area contributed by atoms with Crippen LogP contribution in [0.2, 0.25) is 0 Å². The summed E-state index contributed by atoms with van der Waals surface area (Å²) in [4.78, 5) is 24.9. The summed E-state index contributed by atoms with van der Waals surface area (Å²) in [5, 5.41) is 5.79. The van der Waals surface area contributed by atoms with Crippen LogP contribution in [-0.4, -0.2) is 49.5 Å². The van der Waals surface area contributed by atoms with E-state index in [9.17, 15) is 14.3 Å². The molecule has 0 spiro atoms. The van der Waals surface area contributed by atoms with E-state index in [4.69, 9.17) is 0 Å². The fourth-order valence-electron chi connectivity index (χ4n) is 5.31. The van der Waals surface area contributed by atoms with Gasteiger partial charge in [-0.15, -0.1) is 0 Å². The van der Waals surface area contributed by atoms with E-state index in [1.807, 2.05) is 38.1 Å². The van der Waals surface area contributed by atoms with Gasteiger partial charge in [0.1, 0.15) is 6.04 Å². The number of nitrogens with one attached hydrogen (secondary N) is 2. The number of benzene rings is 2. The van der Waals surface area contributed by atoms with Gasteiger partial charge in [-0.05, 0) is 63.1 Å². The van der Waals surface area contributed by atoms with Gasteiger partial charge in [-0.3, -0.25) is 10.1 Å². The molecule has 0 radical (unpaired) electrons. The molecule has 0 saturated carbocycles. The number of aryl methyl sites for hydroxylation is 2. The van der Waals surface area contributed by atoms with Crippen LogP contribution in [0.15, 0.2) is 48.5 Å². The van der Waals surface area contributed by atoms with Gasteiger partial charge in [0.05, 0.1) is 32.0 Å². The molecular weight excluding hydrogens is 557 g/mol. The highest BCUT2D eigenvalue weighted by atomic mass is 31.2. The number of anilines is 1. The van der Waals surface area contributed by atoms with E-state index in [-0.39, 0.29) is 5.91 Å². The molecule has 0 heterocycles. The van der Waals surface area contributed by atoms with E-state index < -0.39 is 19.4 Å². The highest BCUT2D eigenvalue weighted by Crippen LogP contribution is 2.41. The Hall–Kier alpha value is -2.02. The zero-order valence-electron chi connectivity index (χ0n) is 28.3. The number of quaternary nitrogens is 1. The van der Waals surface area contributed by atoms with Crippen LogP contribution in [-0.2, 0) is 13.9 Å². The van der Waals surface area contributed by atoms with Crippen molar-refractivity contribution in [3.63, 3.8) is 0 Å². The van der Waals surface area contributed by atoms with Gasteiger partial charge in [0.2, 0.25) is 5.91 Å². The zero-order valence-corrected chi connectivity index (χ0v) is 29.2. The molecule has 2 aromatic rings. The van der Waals surface area contributed by atoms with Crippen molar-refractivity contribution in [3.8, 4) is 0 Å². The summed E-state index contributed by atoms with van der Waals surface area (Å²) in [6, 6.07) is 13.9. The fraction of sp³-hybridized carbons (Fsp3) is 0.629. The maximum atomic E-state index is 13.0. The Morgan fingerprint density at radius 1 is 0.814 bits per heavy atom. The fourth-order valence-corrected chi connectivity index (χ4v) is 5.96. The quantitative estimate of drug-likeness (QED) is 0.123. The number of unbranched alkanes of at least 4 members (excludes halogenated alkanes) is 4. The molecule has 244 valence electrons. The molecule has 8 heteroatoms. The van der Waals surface area contributed by atoms with Gasteiger partial charge in [0, 0.05) is 12.8 Å². The topological polar surface area (TPSA) is 90.5 Å². The summed E-state index contributed by atoms with van der Waals surface area (Å²) in [5.41, 5.74) is 3.26. The molecule has 3 atom stereocenters. The van der Waals surface area contributed by atoms with Crippen molar-refractivity contribution in [1.82, 2.24) is 5.32 Å². The normalized spacial score (nSPS) is 14.3. The molecule has 43 heavy (non-hydrogen) atoms. The number of nitrogens with zero attached hydrogens (tertiary/aromatic N) is 1. The van der Waals surface area contributed by atoms with E-state index in [1.54, 1.807) is 24.3 Å². The minimum Gasteiger partial charge on any atom is -0.777 e. The SMILES string of the molecule is CCCC[N+](CCCC)(CCCC)CCCC.COP(=O)([O-])C(C)NC(C(=O)Nc1c(C)cccc1C)c1ccccc1. The average Bonchev–Trinajstić information content (AvgIpc) is 3.01.